The number of rotatable bonds is 5. The molecule has 0 amide bonds. The van der Waals surface area contributed by atoms with Crippen molar-refractivity contribution < 1.29 is 8.78 Å². The summed E-state index contributed by atoms with van der Waals surface area (Å²) in [7, 11) is 0. The molecule has 3 aliphatic heterocycles. The Bertz CT molecular complexity index is 984. The number of hydrogen-bond donors (Lipinski definition) is 0. The van der Waals surface area contributed by atoms with E-state index >= 15 is 0 Å². The van der Waals surface area contributed by atoms with Gasteiger partial charge < -0.3 is 0 Å². The van der Waals surface area contributed by atoms with Crippen LogP contribution in [0.5, 0.6) is 0 Å². The topological polar surface area (TPSA) is 15.6 Å². The van der Waals surface area contributed by atoms with Crippen LogP contribution in [0, 0.1) is 17.6 Å². The van der Waals surface area contributed by atoms with Gasteiger partial charge in [0.2, 0.25) is 0 Å². The molecule has 0 aromatic heterocycles. The van der Waals surface area contributed by atoms with E-state index in [1.54, 1.807) is 0 Å². The van der Waals surface area contributed by atoms with E-state index in [4.69, 9.17) is 4.99 Å². The Balaban J connectivity index is 1.58. The maximum Gasteiger partial charge on any atom is 0.134 e. The highest BCUT2D eigenvalue weighted by molar-refractivity contribution is 5.80. The Hall–Kier alpha value is -2.85. The highest BCUT2D eigenvalue weighted by atomic mass is 19.1. The molecule has 6 rings (SSSR count). The highest BCUT2D eigenvalue weighted by Gasteiger charge is 2.46. The molecule has 3 saturated heterocycles. The van der Waals surface area contributed by atoms with Gasteiger partial charge in [0.1, 0.15) is 11.6 Å². The van der Waals surface area contributed by atoms with E-state index in [1.165, 1.54) is 35.5 Å². The van der Waals surface area contributed by atoms with Crippen molar-refractivity contribution in [2.45, 2.75) is 30.8 Å². The number of fused-ring (bicyclic) bond motifs is 3. The third-order valence-corrected chi connectivity index (χ3v) is 6.86. The highest BCUT2D eigenvalue weighted by Crippen LogP contribution is 2.43. The zero-order valence-electron chi connectivity index (χ0n) is 17.4. The monoisotopic (exact) mass is 416 g/mol. The lowest BCUT2D eigenvalue weighted by molar-refractivity contribution is 0.0215. The standard InChI is InChI=1S/C27H26F2N2/c28-23-12-7-13-24(29)22(23)18-30-26-21-14-16-31(17-15-21)27(26)25(19-8-3-1-4-9-19)20-10-5-2-6-11-20/h1-13,18,21,25-27H,14-17H2/t26-,27+/m1/s1. The molecule has 31 heavy (non-hydrogen) atoms. The second-order valence-electron chi connectivity index (χ2n) is 8.57. The lowest BCUT2D eigenvalue weighted by Gasteiger charge is -2.52. The van der Waals surface area contributed by atoms with Gasteiger partial charge in [0, 0.05) is 18.2 Å². The average molecular weight is 417 g/mol. The first-order valence-electron chi connectivity index (χ1n) is 11.0. The van der Waals surface area contributed by atoms with Crippen molar-refractivity contribution in [3.8, 4) is 0 Å². The normalized spacial score (nSPS) is 25.4. The smallest absolute Gasteiger partial charge is 0.134 e. The van der Waals surface area contributed by atoms with Crippen molar-refractivity contribution in [3.05, 3.63) is 107 Å². The fraction of sp³-hybridized carbons (Fsp3) is 0.296. The van der Waals surface area contributed by atoms with E-state index in [0.29, 0.717) is 5.92 Å². The van der Waals surface area contributed by atoms with E-state index < -0.39 is 11.6 Å². The molecule has 0 spiro atoms. The molecule has 3 aliphatic rings. The number of aliphatic imine (C=N–C) groups is 1. The molecule has 4 heteroatoms. The summed E-state index contributed by atoms with van der Waals surface area (Å²) in [5, 5.41) is 0. The Morgan fingerprint density at radius 1 is 0.774 bits per heavy atom. The van der Waals surface area contributed by atoms with E-state index in [1.807, 2.05) is 12.1 Å². The molecule has 2 atom stereocenters. The van der Waals surface area contributed by atoms with Gasteiger partial charge in [-0.3, -0.25) is 9.89 Å². The van der Waals surface area contributed by atoms with Crippen molar-refractivity contribution in [2.75, 3.05) is 13.1 Å². The molecular formula is C27H26F2N2. The summed E-state index contributed by atoms with van der Waals surface area (Å²) in [6, 6.07) is 25.2. The number of benzene rings is 3. The van der Waals surface area contributed by atoms with E-state index in [2.05, 4.69) is 53.4 Å². The Morgan fingerprint density at radius 2 is 1.32 bits per heavy atom. The fourth-order valence-electron chi connectivity index (χ4n) is 5.37. The molecule has 3 fully saturated rings. The first-order valence-corrected chi connectivity index (χ1v) is 11.0. The molecule has 3 heterocycles. The quantitative estimate of drug-likeness (QED) is 0.489. The minimum atomic E-state index is -0.566. The summed E-state index contributed by atoms with van der Waals surface area (Å²) in [4.78, 5) is 7.40. The van der Waals surface area contributed by atoms with Gasteiger partial charge in [-0.15, -0.1) is 0 Å². The van der Waals surface area contributed by atoms with Crippen molar-refractivity contribution in [1.29, 1.82) is 0 Å². The summed E-state index contributed by atoms with van der Waals surface area (Å²) in [6.45, 7) is 2.09. The predicted octanol–water partition coefficient (Wildman–Crippen LogP) is 5.68. The van der Waals surface area contributed by atoms with Crippen LogP contribution >= 0.6 is 0 Å². The van der Waals surface area contributed by atoms with Gasteiger partial charge in [-0.05, 0) is 55.1 Å². The van der Waals surface area contributed by atoms with Crippen LogP contribution in [-0.4, -0.2) is 36.3 Å². The number of nitrogens with zero attached hydrogens (tertiary/aromatic N) is 2. The van der Waals surface area contributed by atoms with Crippen molar-refractivity contribution in [2.24, 2.45) is 10.9 Å². The van der Waals surface area contributed by atoms with Crippen LogP contribution in [0.4, 0.5) is 8.78 Å². The van der Waals surface area contributed by atoms with Crippen molar-refractivity contribution in [3.63, 3.8) is 0 Å². The van der Waals surface area contributed by atoms with E-state index in [0.717, 1.165) is 25.9 Å². The zero-order valence-corrected chi connectivity index (χ0v) is 17.4. The summed E-state index contributed by atoms with van der Waals surface area (Å²) in [6.07, 6.45) is 3.58. The number of halogens is 2. The van der Waals surface area contributed by atoms with E-state index in [-0.39, 0.29) is 23.6 Å². The summed E-state index contributed by atoms with van der Waals surface area (Å²) < 4.78 is 28.5. The number of hydrogen-bond acceptors (Lipinski definition) is 2. The molecule has 0 radical (unpaired) electrons. The molecule has 3 aromatic carbocycles. The molecule has 2 nitrogen and oxygen atoms in total. The van der Waals surface area contributed by atoms with Gasteiger partial charge in [-0.25, -0.2) is 8.78 Å². The van der Waals surface area contributed by atoms with Gasteiger partial charge in [-0.2, -0.15) is 0 Å². The van der Waals surface area contributed by atoms with Crippen LogP contribution < -0.4 is 0 Å². The largest absolute Gasteiger partial charge is 0.297 e. The Labute approximate surface area is 182 Å². The summed E-state index contributed by atoms with van der Waals surface area (Å²) >= 11 is 0. The average Bonchev–Trinajstić information content (AvgIpc) is 2.82. The van der Waals surface area contributed by atoms with Crippen LogP contribution in [0.25, 0.3) is 0 Å². The van der Waals surface area contributed by atoms with Gasteiger partial charge in [0.15, 0.2) is 0 Å². The molecule has 0 aliphatic carbocycles. The van der Waals surface area contributed by atoms with Crippen LogP contribution in [0.2, 0.25) is 0 Å². The molecule has 158 valence electrons. The molecule has 0 N–H and O–H groups in total. The SMILES string of the molecule is Fc1cccc(F)c1C=N[C@@H]1C2CCN(CC2)[C@H]1C(c1ccccc1)c1ccccc1. The predicted molar refractivity (Wildman–Crippen MR) is 121 cm³/mol. The minimum Gasteiger partial charge on any atom is -0.297 e. The lowest BCUT2D eigenvalue weighted by Crippen LogP contribution is -2.59. The van der Waals surface area contributed by atoms with Crippen LogP contribution in [-0.2, 0) is 0 Å². The molecule has 2 bridgehead atoms. The van der Waals surface area contributed by atoms with Gasteiger partial charge in [0.25, 0.3) is 0 Å². The third kappa shape index (κ3) is 3.92. The number of piperidine rings is 3. The molecule has 0 saturated carbocycles. The van der Waals surface area contributed by atoms with Crippen LogP contribution in [0.1, 0.15) is 35.4 Å². The maximum atomic E-state index is 14.2. The minimum absolute atomic E-state index is 0.00748. The van der Waals surface area contributed by atoms with Crippen LogP contribution in [0.3, 0.4) is 0 Å². The Morgan fingerprint density at radius 3 is 1.87 bits per heavy atom. The van der Waals surface area contributed by atoms with Gasteiger partial charge in [0.05, 0.1) is 11.6 Å². The van der Waals surface area contributed by atoms with Crippen molar-refractivity contribution in [1.82, 2.24) is 4.90 Å². The first kappa shape index (κ1) is 20.1. The molecule has 3 aromatic rings. The Kier molecular flexibility index (Phi) is 5.65. The second kappa shape index (κ2) is 8.72. The molecule has 0 unspecified atom stereocenters. The fourth-order valence-corrected chi connectivity index (χ4v) is 5.37. The maximum absolute atomic E-state index is 14.2. The van der Waals surface area contributed by atoms with E-state index in [9.17, 15) is 8.78 Å². The zero-order chi connectivity index (χ0) is 21.2. The molecular weight excluding hydrogens is 390 g/mol. The van der Waals surface area contributed by atoms with Gasteiger partial charge >= 0.3 is 0 Å². The summed E-state index contributed by atoms with van der Waals surface area (Å²) in [5.74, 6) is -0.553. The third-order valence-electron chi connectivity index (χ3n) is 6.86. The lowest BCUT2D eigenvalue weighted by atomic mass is 9.71. The second-order valence-corrected chi connectivity index (χ2v) is 8.57. The van der Waals surface area contributed by atoms with Crippen LogP contribution in [0.15, 0.2) is 83.9 Å². The van der Waals surface area contributed by atoms with Crippen molar-refractivity contribution >= 4 is 6.21 Å². The first-order chi connectivity index (χ1) is 15.2. The van der Waals surface area contributed by atoms with Gasteiger partial charge in [-0.1, -0.05) is 66.7 Å². The summed E-state index contributed by atoms with van der Waals surface area (Å²) in [5.41, 5.74) is 2.46.